The van der Waals surface area contributed by atoms with Crippen molar-refractivity contribution in [2.24, 2.45) is 0 Å². The Bertz CT molecular complexity index is 1590. The molecule has 0 atom stereocenters. The Labute approximate surface area is 188 Å². The summed E-state index contributed by atoms with van der Waals surface area (Å²) in [6.45, 7) is 0. The van der Waals surface area contributed by atoms with Crippen molar-refractivity contribution >= 4 is 33.3 Å². The molecule has 0 amide bonds. The van der Waals surface area contributed by atoms with Gasteiger partial charge in [-0.2, -0.15) is 4.68 Å². The van der Waals surface area contributed by atoms with Crippen molar-refractivity contribution in [3.63, 3.8) is 0 Å². The van der Waals surface area contributed by atoms with E-state index in [0.29, 0.717) is 10.8 Å². The lowest BCUT2D eigenvalue weighted by Gasteiger charge is -2.13. The molecular formula is C26H16ClN5. The zero-order valence-electron chi connectivity index (χ0n) is 16.9. The second-order valence-corrected chi connectivity index (χ2v) is 7.96. The van der Waals surface area contributed by atoms with E-state index in [1.807, 2.05) is 60.8 Å². The van der Waals surface area contributed by atoms with Gasteiger partial charge in [0.1, 0.15) is 0 Å². The molecule has 0 N–H and O–H groups in total. The average molecular weight is 434 g/mol. The van der Waals surface area contributed by atoms with Crippen molar-refractivity contribution in [1.29, 1.82) is 0 Å². The molecule has 0 saturated carbocycles. The third kappa shape index (κ3) is 3.11. The van der Waals surface area contributed by atoms with Gasteiger partial charge in [-0.25, -0.2) is 0 Å². The predicted molar refractivity (Wildman–Crippen MR) is 128 cm³/mol. The number of rotatable bonds is 3. The van der Waals surface area contributed by atoms with Gasteiger partial charge in [-0.3, -0.25) is 4.98 Å². The van der Waals surface area contributed by atoms with E-state index in [1.54, 1.807) is 4.68 Å². The second kappa shape index (κ2) is 7.55. The zero-order valence-corrected chi connectivity index (χ0v) is 17.6. The molecule has 2 aromatic heterocycles. The van der Waals surface area contributed by atoms with Crippen molar-refractivity contribution < 1.29 is 0 Å². The van der Waals surface area contributed by atoms with Gasteiger partial charge in [0.15, 0.2) is 5.82 Å². The molecular weight excluding hydrogens is 418 g/mol. The van der Waals surface area contributed by atoms with Crippen LogP contribution in [-0.2, 0) is 0 Å². The van der Waals surface area contributed by atoms with Gasteiger partial charge < -0.3 is 0 Å². The molecule has 0 saturated heterocycles. The van der Waals surface area contributed by atoms with Crippen LogP contribution in [0.2, 0.25) is 5.02 Å². The van der Waals surface area contributed by atoms with E-state index in [1.165, 1.54) is 0 Å². The summed E-state index contributed by atoms with van der Waals surface area (Å²) in [6.07, 6.45) is 1.84. The highest BCUT2D eigenvalue weighted by atomic mass is 35.5. The van der Waals surface area contributed by atoms with Gasteiger partial charge in [-0.05, 0) is 57.1 Å². The molecule has 0 aliphatic carbocycles. The quantitative estimate of drug-likeness (QED) is 0.326. The molecule has 2 heterocycles. The Morgan fingerprint density at radius 2 is 1.56 bits per heavy atom. The highest BCUT2D eigenvalue weighted by molar-refractivity contribution is 6.31. The van der Waals surface area contributed by atoms with Gasteiger partial charge >= 0.3 is 0 Å². The molecule has 32 heavy (non-hydrogen) atoms. The molecule has 0 fully saturated rings. The minimum atomic E-state index is 0.619. The first-order valence-electron chi connectivity index (χ1n) is 10.2. The van der Waals surface area contributed by atoms with Crippen LogP contribution < -0.4 is 0 Å². The zero-order chi connectivity index (χ0) is 21.5. The molecule has 6 aromatic rings. The molecule has 0 aliphatic rings. The number of pyridine rings is 1. The Balaban J connectivity index is 1.62. The lowest BCUT2D eigenvalue weighted by Crippen LogP contribution is -2.02. The smallest absolute Gasteiger partial charge is 0.189 e. The van der Waals surface area contributed by atoms with E-state index in [9.17, 15) is 0 Å². The third-order valence-corrected chi connectivity index (χ3v) is 5.82. The average Bonchev–Trinajstić information content (AvgIpc) is 3.33. The summed E-state index contributed by atoms with van der Waals surface area (Å²) < 4.78 is 1.76. The first-order chi connectivity index (χ1) is 15.8. The number of hydrogen-bond donors (Lipinski definition) is 0. The third-order valence-electron chi connectivity index (χ3n) is 5.58. The van der Waals surface area contributed by atoms with Crippen LogP contribution in [0, 0.1) is 0 Å². The summed E-state index contributed by atoms with van der Waals surface area (Å²) in [4.78, 5) is 4.68. The van der Waals surface area contributed by atoms with Gasteiger partial charge in [0.25, 0.3) is 0 Å². The van der Waals surface area contributed by atoms with E-state index in [2.05, 4.69) is 56.9 Å². The van der Waals surface area contributed by atoms with Crippen LogP contribution in [-0.4, -0.2) is 25.2 Å². The molecule has 0 aliphatic heterocycles. The summed E-state index contributed by atoms with van der Waals surface area (Å²) in [5, 5.41) is 16.6. The topological polar surface area (TPSA) is 56.5 Å². The highest BCUT2D eigenvalue weighted by Gasteiger charge is 2.19. The minimum absolute atomic E-state index is 0.619. The standard InChI is InChI=1S/C26H16ClN5/c27-20-11-13-24-22(15-20)25(18-7-2-1-3-8-18)23(16-28-24)26-29-30-31-32(26)21-12-10-17-6-4-5-9-19(17)14-21/h1-16H. The Hall–Kier alpha value is -4.09. The van der Waals surface area contributed by atoms with E-state index in [0.717, 1.165) is 44.1 Å². The van der Waals surface area contributed by atoms with Crippen LogP contribution in [0.3, 0.4) is 0 Å². The summed E-state index contributed by atoms with van der Waals surface area (Å²) in [6, 6.07) is 30.3. The van der Waals surface area contributed by atoms with Crippen molar-refractivity contribution in [2.45, 2.75) is 0 Å². The molecule has 0 unspecified atom stereocenters. The van der Waals surface area contributed by atoms with Crippen LogP contribution in [0.25, 0.3) is 49.9 Å². The lowest BCUT2D eigenvalue weighted by molar-refractivity contribution is 0.792. The Morgan fingerprint density at radius 1 is 0.750 bits per heavy atom. The monoisotopic (exact) mass is 433 g/mol. The number of tetrazole rings is 1. The van der Waals surface area contributed by atoms with Gasteiger partial charge in [0, 0.05) is 27.7 Å². The highest BCUT2D eigenvalue weighted by Crippen LogP contribution is 2.37. The Kier molecular flexibility index (Phi) is 4.40. The summed E-state index contributed by atoms with van der Waals surface area (Å²) in [5.41, 5.74) is 4.62. The maximum absolute atomic E-state index is 6.36. The maximum atomic E-state index is 6.36. The van der Waals surface area contributed by atoms with Crippen LogP contribution in [0.5, 0.6) is 0 Å². The first kappa shape index (κ1) is 18.7. The van der Waals surface area contributed by atoms with Crippen molar-refractivity contribution in [1.82, 2.24) is 25.2 Å². The number of nitrogens with zero attached hydrogens (tertiary/aromatic N) is 5. The van der Waals surface area contributed by atoms with E-state index in [4.69, 9.17) is 11.6 Å². The normalized spacial score (nSPS) is 11.3. The molecule has 4 aromatic carbocycles. The molecule has 0 bridgehead atoms. The SMILES string of the molecule is Clc1ccc2ncc(-c3nnnn3-c3ccc4ccccc4c3)c(-c3ccccc3)c2c1. The van der Waals surface area contributed by atoms with Crippen LogP contribution in [0.1, 0.15) is 0 Å². The molecule has 6 rings (SSSR count). The second-order valence-electron chi connectivity index (χ2n) is 7.52. The molecule has 0 radical (unpaired) electrons. The van der Waals surface area contributed by atoms with Crippen molar-refractivity contribution in [3.8, 4) is 28.2 Å². The number of halogens is 1. The number of hydrogen-bond acceptors (Lipinski definition) is 4. The minimum Gasteiger partial charge on any atom is -0.255 e. The van der Waals surface area contributed by atoms with E-state index in [-0.39, 0.29) is 0 Å². The lowest BCUT2D eigenvalue weighted by atomic mass is 9.96. The largest absolute Gasteiger partial charge is 0.255 e. The number of fused-ring (bicyclic) bond motifs is 2. The van der Waals surface area contributed by atoms with Gasteiger partial charge in [0.2, 0.25) is 0 Å². The fourth-order valence-corrected chi connectivity index (χ4v) is 4.26. The van der Waals surface area contributed by atoms with Crippen LogP contribution in [0.15, 0.2) is 97.2 Å². The van der Waals surface area contributed by atoms with Gasteiger partial charge in [-0.15, -0.1) is 5.10 Å². The first-order valence-corrected chi connectivity index (χ1v) is 10.6. The number of benzene rings is 4. The van der Waals surface area contributed by atoms with Crippen molar-refractivity contribution in [3.05, 3.63) is 102 Å². The molecule has 152 valence electrons. The van der Waals surface area contributed by atoms with E-state index >= 15 is 0 Å². The molecule has 6 heteroatoms. The van der Waals surface area contributed by atoms with Crippen LogP contribution in [0.4, 0.5) is 0 Å². The van der Waals surface area contributed by atoms with E-state index < -0.39 is 0 Å². The fraction of sp³-hybridized carbons (Fsp3) is 0. The summed E-state index contributed by atoms with van der Waals surface area (Å²) in [5.74, 6) is 0.619. The van der Waals surface area contributed by atoms with Gasteiger partial charge in [0.05, 0.1) is 11.2 Å². The number of aromatic nitrogens is 5. The van der Waals surface area contributed by atoms with Gasteiger partial charge in [-0.1, -0.05) is 72.3 Å². The molecule has 5 nitrogen and oxygen atoms in total. The van der Waals surface area contributed by atoms with Crippen LogP contribution >= 0.6 is 11.6 Å². The predicted octanol–water partition coefficient (Wildman–Crippen LogP) is 6.35. The summed E-state index contributed by atoms with van der Waals surface area (Å²) >= 11 is 6.36. The Morgan fingerprint density at radius 3 is 2.44 bits per heavy atom. The summed E-state index contributed by atoms with van der Waals surface area (Å²) in [7, 11) is 0. The maximum Gasteiger partial charge on any atom is 0.189 e. The van der Waals surface area contributed by atoms with Crippen molar-refractivity contribution in [2.75, 3.05) is 0 Å². The molecule has 0 spiro atoms. The fourth-order valence-electron chi connectivity index (χ4n) is 4.09.